The minimum absolute atomic E-state index is 0.0338. The monoisotopic (exact) mass is 382 g/mol. The van der Waals surface area contributed by atoms with Crippen LogP contribution in [0, 0.1) is 0 Å². The van der Waals surface area contributed by atoms with Crippen LogP contribution >= 0.6 is 15.9 Å². The second kappa shape index (κ2) is 6.52. The molecule has 5 heteroatoms. The zero-order valence-electron chi connectivity index (χ0n) is 12.5. The summed E-state index contributed by atoms with van der Waals surface area (Å²) in [6.45, 7) is 3.06. The minimum Gasteiger partial charge on any atom is -0.386 e. The Morgan fingerprint density at radius 3 is 2.05 bits per heavy atom. The molecule has 2 atom stereocenters. The molecule has 0 radical (unpaired) electrons. The van der Waals surface area contributed by atoms with Crippen molar-refractivity contribution >= 4 is 25.8 Å². The molecule has 118 valence electrons. The molecule has 3 nitrogen and oxygen atoms in total. The van der Waals surface area contributed by atoms with Gasteiger partial charge in [0.1, 0.15) is 6.10 Å². The molecular weight excluding hydrogens is 364 g/mol. The van der Waals surface area contributed by atoms with Gasteiger partial charge in [-0.2, -0.15) is 0 Å². The first-order valence-corrected chi connectivity index (χ1v) is 9.49. The van der Waals surface area contributed by atoms with E-state index in [1.807, 2.05) is 42.5 Å². The van der Waals surface area contributed by atoms with Crippen LogP contribution in [0.2, 0.25) is 0 Å². The van der Waals surface area contributed by atoms with Crippen LogP contribution in [0.3, 0.4) is 0 Å². The molecule has 0 saturated heterocycles. The van der Waals surface area contributed by atoms with Crippen molar-refractivity contribution in [2.24, 2.45) is 0 Å². The molecule has 0 aromatic heterocycles. The van der Waals surface area contributed by atoms with Gasteiger partial charge in [-0.05, 0) is 23.6 Å². The lowest BCUT2D eigenvalue weighted by Gasteiger charge is -2.28. The Bertz CT molecular complexity index is 722. The fourth-order valence-corrected chi connectivity index (χ4v) is 4.23. The SMILES string of the molecule is CCS(=O)(=O)[C@](C)(Br)[C@H](O)c1ccc(-c2ccccc2)cc1. The van der Waals surface area contributed by atoms with Gasteiger partial charge in [0.25, 0.3) is 0 Å². The third-order valence-electron chi connectivity index (χ3n) is 3.81. The summed E-state index contributed by atoms with van der Waals surface area (Å²) >= 11 is 3.19. The van der Waals surface area contributed by atoms with Gasteiger partial charge in [-0.25, -0.2) is 8.42 Å². The van der Waals surface area contributed by atoms with Gasteiger partial charge in [0.05, 0.1) is 0 Å². The average Bonchev–Trinajstić information content (AvgIpc) is 2.55. The first-order chi connectivity index (χ1) is 10.3. The fourth-order valence-electron chi connectivity index (χ4n) is 2.24. The Labute approximate surface area is 140 Å². The van der Waals surface area contributed by atoms with Crippen molar-refractivity contribution in [1.82, 2.24) is 0 Å². The summed E-state index contributed by atoms with van der Waals surface area (Å²) in [7, 11) is -3.44. The van der Waals surface area contributed by atoms with E-state index in [0.717, 1.165) is 11.1 Å². The van der Waals surface area contributed by atoms with Gasteiger partial charge in [0, 0.05) is 5.75 Å². The molecule has 0 aliphatic rings. The number of hydrogen-bond acceptors (Lipinski definition) is 3. The molecule has 0 amide bonds. The molecule has 2 rings (SSSR count). The molecule has 0 saturated carbocycles. The lowest BCUT2D eigenvalue weighted by Crippen LogP contribution is -2.36. The van der Waals surface area contributed by atoms with Gasteiger partial charge in [-0.3, -0.25) is 0 Å². The van der Waals surface area contributed by atoms with Crippen LogP contribution in [0.5, 0.6) is 0 Å². The summed E-state index contributed by atoms with van der Waals surface area (Å²) in [5, 5.41) is 10.5. The van der Waals surface area contributed by atoms with Crippen LogP contribution in [0.25, 0.3) is 11.1 Å². The van der Waals surface area contributed by atoms with Gasteiger partial charge in [-0.1, -0.05) is 77.5 Å². The maximum atomic E-state index is 12.1. The van der Waals surface area contributed by atoms with Crippen molar-refractivity contribution in [2.45, 2.75) is 23.6 Å². The summed E-state index contributed by atoms with van der Waals surface area (Å²) in [6.07, 6.45) is -1.14. The second-order valence-corrected chi connectivity index (χ2v) is 10.1. The summed E-state index contributed by atoms with van der Waals surface area (Å²) in [5.41, 5.74) is 2.66. The summed E-state index contributed by atoms with van der Waals surface area (Å²) in [4.78, 5) is 0. The first kappa shape index (κ1) is 17.2. The van der Waals surface area contributed by atoms with E-state index in [0.29, 0.717) is 5.56 Å². The third-order valence-corrected chi connectivity index (χ3v) is 7.92. The lowest BCUT2D eigenvalue weighted by atomic mass is 10.0. The highest BCUT2D eigenvalue weighted by Crippen LogP contribution is 2.39. The molecule has 0 aliphatic heterocycles. The summed E-state index contributed by atoms with van der Waals surface area (Å²) in [6, 6.07) is 17.2. The quantitative estimate of drug-likeness (QED) is 0.796. The van der Waals surface area contributed by atoms with Crippen LogP contribution < -0.4 is 0 Å². The molecular formula is C17H19BrO3S. The molecule has 0 spiro atoms. The van der Waals surface area contributed by atoms with E-state index < -0.39 is 19.6 Å². The molecule has 0 unspecified atom stereocenters. The number of rotatable bonds is 5. The fraction of sp³-hybridized carbons (Fsp3) is 0.294. The van der Waals surface area contributed by atoms with Crippen LogP contribution in [0.15, 0.2) is 54.6 Å². The normalized spacial score (nSPS) is 16.0. The number of sulfone groups is 1. The Morgan fingerprint density at radius 2 is 1.55 bits per heavy atom. The topological polar surface area (TPSA) is 54.4 Å². The average molecular weight is 383 g/mol. The van der Waals surface area contributed by atoms with Crippen molar-refractivity contribution in [3.63, 3.8) is 0 Å². The molecule has 22 heavy (non-hydrogen) atoms. The highest BCUT2D eigenvalue weighted by molar-refractivity contribution is 9.11. The Kier molecular flexibility index (Phi) is 5.10. The number of aliphatic hydroxyl groups excluding tert-OH is 1. The van der Waals surface area contributed by atoms with Gasteiger partial charge in [0.15, 0.2) is 13.5 Å². The lowest BCUT2D eigenvalue weighted by molar-refractivity contribution is 0.167. The van der Waals surface area contributed by atoms with E-state index >= 15 is 0 Å². The molecule has 0 bridgehead atoms. The molecule has 0 aliphatic carbocycles. The van der Waals surface area contributed by atoms with Gasteiger partial charge in [-0.15, -0.1) is 0 Å². The van der Waals surface area contributed by atoms with E-state index in [4.69, 9.17) is 0 Å². The summed E-state index contributed by atoms with van der Waals surface area (Å²) in [5.74, 6) is -0.0338. The van der Waals surface area contributed by atoms with Crippen molar-refractivity contribution in [2.75, 3.05) is 5.75 Å². The standard InChI is InChI=1S/C17H19BrO3S/c1-3-22(20,21)17(2,18)16(19)15-11-9-14(10-12-15)13-7-5-4-6-8-13/h4-12,16,19H,3H2,1-2H3/t16-,17+/m1/s1. The van der Waals surface area contributed by atoms with E-state index in [-0.39, 0.29) is 5.75 Å². The van der Waals surface area contributed by atoms with Crippen LogP contribution in [-0.4, -0.2) is 22.9 Å². The number of benzene rings is 2. The number of hydrogen-bond donors (Lipinski definition) is 1. The van der Waals surface area contributed by atoms with Crippen molar-refractivity contribution < 1.29 is 13.5 Å². The summed E-state index contributed by atoms with van der Waals surface area (Å²) < 4.78 is 22.8. The highest BCUT2D eigenvalue weighted by Gasteiger charge is 2.42. The third kappa shape index (κ3) is 3.26. The van der Waals surface area contributed by atoms with E-state index in [1.165, 1.54) is 6.92 Å². The molecule has 0 fully saturated rings. The van der Waals surface area contributed by atoms with Crippen LogP contribution in [0.4, 0.5) is 0 Å². The van der Waals surface area contributed by atoms with E-state index in [9.17, 15) is 13.5 Å². The van der Waals surface area contributed by atoms with Crippen molar-refractivity contribution in [3.05, 3.63) is 60.2 Å². The van der Waals surface area contributed by atoms with Crippen LogP contribution in [0.1, 0.15) is 25.5 Å². The predicted molar refractivity (Wildman–Crippen MR) is 93.6 cm³/mol. The number of halogens is 1. The predicted octanol–water partition coefficient (Wildman–Crippen LogP) is 3.93. The maximum absolute atomic E-state index is 12.1. The van der Waals surface area contributed by atoms with Gasteiger partial charge < -0.3 is 5.11 Å². The largest absolute Gasteiger partial charge is 0.386 e. The maximum Gasteiger partial charge on any atom is 0.168 e. The Hall–Kier alpha value is -1.17. The zero-order chi connectivity index (χ0) is 16.4. The Morgan fingerprint density at radius 1 is 1.05 bits per heavy atom. The first-order valence-electron chi connectivity index (χ1n) is 7.04. The van der Waals surface area contributed by atoms with Crippen LogP contribution in [-0.2, 0) is 9.84 Å². The van der Waals surface area contributed by atoms with Gasteiger partial charge >= 0.3 is 0 Å². The van der Waals surface area contributed by atoms with E-state index in [2.05, 4.69) is 15.9 Å². The van der Waals surface area contributed by atoms with E-state index in [1.54, 1.807) is 19.1 Å². The zero-order valence-corrected chi connectivity index (χ0v) is 14.9. The minimum atomic E-state index is -3.44. The molecule has 0 heterocycles. The van der Waals surface area contributed by atoms with Crippen molar-refractivity contribution in [3.8, 4) is 11.1 Å². The second-order valence-electron chi connectivity index (χ2n) is 5.28. The highest BCUT2D eigenvalue weighted by atomic mass is 79.9. The van der Waals surface area contributed by atoms with Gasteiger partial charge in [0.2, 0.25) is 0 Å². The Balaban J connectivity index is 2.31. The smallest absolute Gasteiger partial charge is 0.168 e. The molecule has 1 N–H and O–H groups in total. The number of aliphatic hydroxyl groups is 1. The molecule has 2 aromatic rings. The van der Waals surface area contributed by atoms with Crippen molar-refractivity contribution in [1.29, 1.82) is 0 Å². The molecule has 2 aromatic carbocycles. The number of alkyl halides is 1.